The van der Waals surface area contributed by atoms with Gasteiger partial charge in [0.05, 0.1) is 18.4 Å². The molecule has 3 rings (SSSR count). The van der Waals surface area contributed by atoms with Gasteiger partial charge in [0, 0.05) is 15.8 Å². The van der Waals surface area contributed by atoms with Gasteiger partial charge in [0.15, 0.2) is 5.11 Å². The Balaban J connectivity index is 1.63. The molecule has 0 aliphatic carbocycles. The van der Waals surface area contributed by atoms with Crippen molar-refractivity contribution in [1.29, 1.82) is 0 Å². The van der Waals surface area contributed by atoms with Gasteiger partial charge >= 0.3 is 0 Å². The zero-order valence-electron chi connectivity index (χ0n) is 14.5. The van der Waals surface area contributed by atoms with Crippen LogP contribution in [0, 0.1) is 13.8 Å². The van der Waals surface area contributed by atoms with Crippen LogP contribution < -0.4 is 16.2 Å². The van der Waals surface area contributed by atoms with Crippen LogP contribution in [-0.2, 0) is 6.54 Å². The Morgan fingerprint density at radius 1 is 1.15 bits per heavy atom. The minimum Gasteiger partial charge on any atom is -0.467 e. The Morgan fingerprint density at radius 3 is 2.62 bits per heavy atom. The molecule has 0 saturated carbocycles. The third-order valence-electron chi connectivity index (χ3n) is 3.85. The number of benzene rings is 1. The van der Waals surface area contributed by atoms with E-state index in [1.807, 2.05) is 49.6 Å². The number of hydrogen-bond acceptors (Lipinski definition) is 4. The number of amides is 1. The summed E-state index contributed by atoms with van der Waals surface area (Å²) in [7, 11) is 0. The fourth-order valence-corrected chi connectivity index (χ4v) is 3.49. The number of furan rings is 1. The Hall–Kier alpha value is -2.64. The summed E-state index contributed by atoms with van der Waals surface area (Å²) in [6, 6.07) is 11.8. The molecule has 1 amide bonds. The molecule has 3 N–H and O–H groups in total. The number of nitrogens with one attached hydrogen (secondary N) is 3. The second-order valence-corrected chi connectivity index (χ2v) is 7.28. The van der Waals surface area contributed by atoms with Crippen LogP contribution in [0.15, 0.2) is 52.5 Å². The summed E-state index contributed by atoms with van der Waals surface area (Å²) in [6.45, 7) is 4.50. The Kier molecular flexibility index (Phi) is 5.70. The van der Waals surface area contributed by atoms with Crippen molar-refractivity contribution in [2.24, 2.45) is 0 Å². The largest absolute Gasteiger partial charge is 0.467 e. The van der Waals surface area contributed by atoms with Crippen molar-refractivity contribution in [3.8, 4) is 11.1 Å². The zero-order valence-corrected chi connectivity index (χ0v) is 16.1. The van der Waals surface area contributed by atoms with Crippen molar-refractivity contribution in [2.45, 2.75) is 20.4 Å². The van der Waals surface area contributed by atoms with Gasteiger partial charge in [-0.25, -0.2) is 0 Å². The van der Waals surface area contributed by atoms with Crippen LogP contribution in [0.2, 0.25) is 0 Å². The normalized spacial score (nSPS) is 10.4. The molecule has 0 atom stereocenters. The lowest BCUT2D eigenvalue weighted by atomic mass is 10.0. The highest BCUT2D eigenvalue weighted by atomic mass is 32.1. The lowest BCUT2D eigenvalue weighted by Gasteiger charge is -2.12. The van der Waals surface area contributed by atoms with E-state index in [0.717, 1.165) is 21.8 Å². The molecule has 26 heavy (non-hydrogen) atoms. The van der Waals surface area contributed by atoms with Gasteiger partial charge in [-0.15, -0.1) is 11.3 Å². The first-order valence-corrected chi connectivity index (χ1v) is 9.35. The van der Waals surface area contributed by atoms with Crippen LogP contribution >= 0.6 is 23.6 Å². The van der Waals surface area contributed by atoms with Gasteiger partial charge in [-0.1, -0.05) is 29.8 Å². The van der Waals surface area contributed by atoms with E-state index in [9.17, 15) is 4.79 Å². The highest BCUT2D eigenvalue weighted by molar-refractivity contribution is 7.80. The van der Waals surface area contributed by atoms with Gasteiger partial charge < -0.3 is 9.73 Å². The molecule has 0 unspecified atom stereocenters. The standard InChI is InChI=1S/C19H19N3O2S2/c1-12-5-7-14(8-6-12)17-13(2)26-11-16(17)18(23)21-22-19(25)20-10-15-4-3-9-24-15/h3-9,11H,10H2,1-2H3,(H,21,23)(H2,20,22,25). The third-order valence-corrected chi connectivity index (χ3v) is 5.01. The minimum atomic E-state index is -0.230. The van der Waals surface area contributed by atoms with E-state index in [0.29, 0.717) is 17.2 Å². The van der Waals surface area contributed by atoms with Gasteiger partial charge in [0.2, 0.25) is 0 Å². The first kappa shape index (κ1) is 18.2. The fraction of sp³-hybridized carbons (Fsp3) is 0.158. The van der Waals surface area contributed by atoms with Crippen LogP contribution in [0.1, 0.15) is 26.6 Å². The van der Waals surface area contributed by atoms with Crippen molar-refractivity contribution in [3.05, 3.63) is 69.8 Å². The highest BCUT2D eigenvalue weighted by Gasteiger charge is 2.17. The summed E-state index contributed by atoms with van der Waals surface area (Å²) in [6.07, 6.45) is 1.60. The second-order valence-electron chi connectivity index (χ2n) is 5.79. The molecule has 0 aliphatic rings. The average Bonchev–Trinajstić information content (AvgIpc) is 3.28. The van der Waals surface area contributed by atoms with Crippen LogP contribution in [0.5, 0.6) is 0 Å². The van der Waals surface area contributed by atoms with E-state index >= 15 is 0 Å². The first-order chi connectivity index (χ1) is 12.5. The van der Waals surface area contributed by atoms with Crippen molar-refractivity contribution < 1.29 is 9.21 Å². The number of thiophene rings is 1. The maximum absolute atomic E-state index is 12.6. The molecule has 1 aromatic carbocycles. The van der Waals surface area contributed by atoms with E-state index in [1.54, 1.807) is 23.7 Å². The molecule has 0 spiro atoms. The minimum absolute atomic E-state index is 0.230. The monoisotopic (exact) mass is 385 g/mol. The number of aryl methyl sites for hydroxylation is 2. The van der Waals surface area contributed by atoms with Gasteiger partial charge in [-0.2, -0.15) is 0 Å². The molecular weight excluding hydrogens is 366 g/mol. The van der Waals surface area contributed by atoms with Crippen LogP contribution in [0.3, 0.4) is 0 Å². The fourth-order valence-electron chi connectivity index (χ4n) is 2.51. The summed E-state index contributed by atoms with van der Waals surface area (Å²) >= 11 is 6.72. The number of thiocarbonyl (C=S) groups is 1. The molecule has 5 nitrogen and oxygen atoms in total. The van der Waals surface area contributed by atoms with Gasteiger partial charge in [-0.3, -0.25) is 15.6 Å². The molecule has 0 radical (unpaired) electrons. The lowest BCUT2D eigenvalue weighted by molar-refractivity contribution is 0.0944. The highest BCUT2D eigenvalue weighted by Crippen LogP contribution is 2.32. The topological polar surface area (TPSA) is 66.3 Å². The van der Waals surface area contributed by atoms with E-state index in [-0.39, 0.29) is 5.91 Å². The number of hydrazine groups is 1. The van der Waals surface area contributed by atoms with Crippen LogP contribution in [0.4, 0.5) is 0 Å². The molecule has 0 aliphatic heterocycles. The van der Waals surface area contributed by atoms with E-state index in [2.05, 4.69) is 16.2 Å². The maximum Gasteiger partial charge on any atom is 0.271 e. The van der Waals surface area contributed by atoms with E-state index < -0.39 is 0 Å². The van der Waals surface area contributed by atoms with Gasteiger partial charge in [0.25, 0.3) is 5.91 Å². The summed E-state index contributed by atoms with van der Waals surface area (Å²) in [5.74, 6) is 0.530. The summed E-state index contributed by atoms with van der Waals surface area (Å²) < 4.78 is 5.22. The average molecular weight is 386 g/mol. The quantitative estimate of drug-likeness (QED) is 0.469. The zero-order chi connectivity index (χ0) is 18.5. The van der Waals surface area contributed by atoms with Crippen LogP contribution in [-0.4, -0.2) is 11.0 Å². The van der Waals surface area contributed by atoms with Crippen molar-refractivity contribution in [1.82, 2.24) is 16.2 Å². The van der Waals surface area contributed by atoms with Crippen molar-refractivity contribution in [3.63, 3.8) is 0 Å². The Morgan fingerprint density at radius 2 is 1.92 bits per heavy atom. The number of hydrogen-bond donors (Lipinski definition) is 3. The Bertz CT molecular complexity index is 900. The molecule has 2 aromatic heterocycles. The number of carbonyl (C=O) groups is 1. The van der Waals surface area contributed by atoms with Crippen LogP contribution in [0.25, 0.3) is 11.1 Å². The Labute approximate surface area is 161 Å². The smallest absolute Gasteiger partial charge is 0.271 e. The molecule has 0 fully saturated rings. The number of rotatable bonds is 4. The summed E-state index contributed by atoms with van der Waals surface area (Å²) in [4.78, 5) is 13.7. The molecule has 0 saturated heterocycles. The maximum atomic E-state index is 12.6. The van der Waals surface area contributed by atoms with E-state index in [1.165, 1.54) is 5.56 Å². The van der Waals surface area contributed by atoms with Gasteiger partial charge in [0.1, 0.15) is 5.76 Å². The SMILES string of the molecule is Cc1ccc(-c2c(C(=O)NNC(=S)NCc3ccco3)csc2C)cc1. The van der Waals surface area contributed by atoms with Crippen molar-refractivity contribution in [2.75, 3.05) is 0 Å². The molecule has 7 heteroatoms. The summed E-state index contributed by atoms with van der Waals surface area (Å²) in [5, 5.41) is 5.14. The first-order valence-electron chi connectivity index (χ1n) is 8.06. The predicted octanol–water partition coefficient (Wildman–Crippen LogP) is 3.93. The third kappa shape index (κ3) is 4.30. The second kappa shape index (κ2) is 8.16. The summed E-state index contributed by atoms with van der Waals surface area (Å²) in [5.41, 5.74) is 9.15. The van der Waals surface area contributed by atoms with E-state index in [4.69, 9.17) is 16.6 Å². The molecular formula is C19H19N3O2S2. The van der Waals surface area contributed by atoms with Gasteiger partial charge in [-0.05, 0) is 43.8 Å². The lowest BCUT2D eigenvalue weighted by Crippen LogP contribution is -2.46. The molecule has 0 bridgehead atoms. The van der Waals surface area contributed by atoms with Crippen molar-refractivity contribution >= 4 is 34.6 Å². The molecule has 2 heterocycles. The number of carbonyl (C=O) groups excluding carboxylic acids is 1. The molecule has 134 valence electrons. The predicted molar refractivity (Wildman–Crippen MR) is 108 cm³/mol. The molecule has 3 aromatic rings.